The molecule has 1 heterocycles. The van der Waals surface area contributed by atoms with Crippen molar-refractivity contribution < 1.29 is 18.7 Å². The van der Waals surface area contributed by atoms with Crippen molar-refractivity contribution in [2.24, 2.45) is 0 Å². The van der Waals surface area contributed by atoms with Crippen LogP contribution in [-0.4, -0.2) is 35.1 Å². The molecule has 2 aromatic carbocycles. The molecule has 0 bridgehead atoms. The van der Waals surface area contributed by atoms with E-state index in [2.05, 4.69) is 22.0 Å². The number of rotatable bonds is 7. The molecule has 148 valence electrons. The van der Waals surface area contributed by atoms with Gasteiger partial charge in [0, 0.05) is 10.6 Å². The van der Waals surface area contributed by atoms with Gasteiger partial charge in [-0.1, -0.05) is 35.2 Å². The molecule has 0 fully saturated rings. The number of nitrogens with zero attached hydrogens (tertiary/aromatic N) is 2. The first-order chi connectivity index (χ1) is 14.2. The van der Waals surface area contributed by atoms with E-state index < -0.39 is 5.97 Å². The number of carbonyl (C=O) groups excluding carboxylic acids is 1. The van der Waals surface area contributed by atoms with Crippen LogP contribution in [0.5, 0.6) is 5.75 Å². The van der Waals surface area contributed by atoms with Crippen LogP contribution in [0, 0.1) is 11.8 Å². The van der Waals surface area contributed by atoms with E-state index in [0.29, 0.717) is 34.1 Å². The maximum absolute atomic E-state index is 11.8. The minimum absolute atomic E-state index is 0.00326. The zero-order chi connectivity index (χ0) is 20.5. The molecule has 0 saturated heterocycles. The van der Waals surface area contributed by atoms with Gasteiger partial charge in [0.25, 0.3) is 5.22 Å². The molecule has 3 rings (SSSR count). The van der Waals surface area contributed by atoms with Gasteiger partial charge in [-0.25, -0.2) is 4.79 Å². The third-order valence-corrected chi connectivity index (χ3v) is 4.52. The van der Waals surface area contributed by atoms with Crippen LogP contribution in [0.4, 0.5) is 0 Å². The Kier molecular flexibility index (Phi) is 7.56. The van der Waals surface area contributed by atoms with Crippen LogP contribution in [0.15, 0.2) is 58.2 Å². The Morgan fingerprint density at radius 2 is 1.86 bits per heavy atom. The summed E-state index contributed by atoms with van der Waals surface area (Å²) in [7, 11) is 0. The molecule has 0 aliphatic rings. The molecule has 0 aliphatic heterocycles. The summed E-state index contributed by atoms with van der Waals surface area (Å²) >= 11 is 7.09. The number of hydrogen-bond donors (Lipinski definition) is 0. The fourth-order valence-electron chi connectivity index (χ4n) is 2.22. The summed E-state index contributed by atoms with van der Waals surface area (Å²) in [6.07, 6.45) is 0. The lowest BCUT2D eigenvalue weighted by molar-refractivity contribution is 0.0556. The fourth-order valence-corrected chi connectivity index (χ4v) is 2.88. The second kappa shape index (κ2) is 10.6. The number of halogens is 1. The summed E-state index contributed by atoms with van der Waals surface area (Å²) in [6, 6.07) is 13.9. The van der Waals surface area contributed by atoms with E-state index in [1.807, 2.05) is 31.2 Å². The quantitative estimate of drug-likeness (QED) is 0.305. The fraction of sp³-hybridized carbons (Fsp3) is 0.190. The second-order valence-corrected chi connectivity index (χ2v) is 6.92. The molecule has 29 heavy (non-hydrogen) atoms. The van der Waals surface area contributed by atoms with Crippen LogP contribution in [-0.2, 0) is 4.74 Å². The maximum atomic E-state index is 11.8. The smallest absolute Gasteiger partial charge is 0.339 e. The first kappa shape index (κ1) is 20.8. The Labute approximate surface area is 177 Å². The van der Waals surface area contributed by atoms with Crippen molar-refractivity contribution in [3.05, 3.63) is 59.1 Å². The van der Waals surface area contributed by atoms with Crippen LogP contribution in [0.25, 0.3) is 11.5 Å². The van der Waals surface area contributed by atoms with Gasteiger partial charge >= 0.3 is 5.97 Å². The minimum Gasteiger partial charge on any atom is -0.494 e. The van der Waals surface area contributed by atoms with Gasteiger partial charge in [0.15, 0.2) is 6.61 Å². The summed E-state index contributed by atoms with van der Waals surface area (Å²) in [5.41, 5.74) is 1.24. The highest BCUT2D eigenvalue weighted by Gasteiger charge is 2.09. The summed E-state index contributed by atoms with van der Waals surface area (Å²) in [5.74, 6) is 6.88. The molecule has 0 saturated carbocycles. The standard InChI is InChI=1S/C21H17ClN2O4S/c1-2-26-18-11-7-15(8-12-18)19-23-24-21(28-19)29-14-4-3-13-27-20(25)16-5-9-17(22)10-6-16/h5-12H,2,13-14H2,1H3. The van der Waals surface area contributed by atoms with Gasteiger partial charge in [0.05, 0.1) is 17.9 Å². The van der Waals surface area contributed by atoms with E-state index >= 15 is 0 Å². The second-order valence-electron chi connectivity index (χ2n) is 5.56. The Balaban J connectivity index is 1.43. The van der Waals surface area contributed by atoms with Gasteiger partial charge in [-0.2, -0.15) is 0 Å². The molecular formula is C21H17ClN2O4S. The molecule has 0 amide bonds. The van der Waals surface area contributed by atoms with Crippen molar-refractivity contribution in [2.75, 3.05) is 19.0 Å². The van der Waals surface area contributed by atoms with E-state index in [1.165, 1.54) is 11.8 Å². The maximum Gasteiger partial charge on any atom is 0.339 e. The predicted molar refractivity (Wildman–Crippen MR) is 111 cm³/mol. The average Bonchev–Trinajstić information content (AvgIpc) is 3.20. The molecule has 1 aromatic heterocycles. The first-order valence-electron chi connectivity index (χ1n) is 8.73. The topological polar surface area (TPSA) is 74.5 Å². The Morgan fingerprint density at radius 3 is 2.59 bits per heavy atom. The van der Waals surface area contributed by atoms with Crippen LogP contribution in [0.1, 0.15) is 17.3 Å². The van der Waals surface area contributed by atoms with Gasteiger partial charge in [0.1, 0.15) is 5.75 Å². The summed E-state index contributed by atoms with van der Waals surface area (Å²) in [4.78, 5) is 11.8. The highest BCUT2D eigenvalue weighted by Crippen LogP contribution is 2.24. The van der Waals surface area contributed by atoms with Crippen molar-refractivity contribution >= 4 is 29.3 Å². The zero-order valence-corrected chi connectivity index (χ0v) is 17.1. The summed E-state index contributed by atoms with van der Waals surface area (Å²) in [6.45, 7) is 2.55. The van der Waals surface area contributed by atoms with E-state index in [0.717, 1.165) is 11.3 Å². The number of hydrogen-bond acceptors (Lipinski definition) is 7. The van der Waals surface area contributed by atoms with Gasteiger partial charge in [-0.3, -0.25) is 0 Å². The number of aromatic nitrogens is 2. The minimum atomic E-state index is -0.444. The van der Waals surface area contributed by atoms with Crippen molar-refractivity contribution in [1.82, 2.24) is 10.2 Å². The average molecular weight is 429 g/mol. The van der Waals surface area contributed by atoms with Crippen molar-refractivity contribution in [2.45, 2.75) is 12.1 Å². The van der Waals surface area contributed by atoms with Crippen molar-refractivity contribution in [3.63, 3.8) is 0 Å². The largest absolute Gasteiger partial charge is 0.494 e. The SMILES string of the molecule is CCOc1ccc(-c2nnc(SCC#CCOC(=O)c3ccc(Cl)cc3)o2)cc1. The molecule has 0 atom stereocenters. The summed E-state index contributed by atoms with van der Waals surface area (Å²) < 4.78 is 16.1. The predicted octanol–water partition coefficient (Wildman–Crippen LogP) is 4.74. The molecule has 0 aliphatic carbocycles. The van der Waals surface area contributed by atoms with Crippen molar-refractivity contribution in [1.29, 1.82) is 0 Å². The first-order valence-corrected chi connectivity index (χ1v) is 10.1. The highest BCUT2D eigenvalue weighted by molar-refractivity contribution is 7.99. The number of carbonyl (C=O) groups is 1. The van der Waals surface area contributed by atoms with Gasteiger partial charge in [0.2, 0.25) is 5.89 Å². The van der Waals surface area contributed by atoms with Crippen LogP contribution in [0.2, 0.25) is 5.02 Å². The van der Waals surface area contributed by atoms with Crippen LogP contribution < -0.4 is 4.74 Å². The number of esters is 1. The third-order valence-electron chi connectivity index (χ3n) is 3.57. The normalized spacial score (nSPS) is 10.1. The molecule has 6 nitrogen and oxygen atoms in total. The van der Waals surface area contributed by atoms with Crippen molar-refractivity contribution in [3.8, 4) is 29.0 Å². The third kappa shape index (κ3) is 6.28. The molecule has 8 heteroatoms. The number of thioether (sulfide) groups is 1. The monoisotopic (exact) mass is 428 g/mol. The molecule has 0 spiro atoms. The zero-order valence-electron chi connectivity index (χ0n) is 15.6. The molecule has 3 aromatic rings. The summed E-state index contributed by atoms with van der Waals surface area (Å²) in [5, 5.41) is 9.01. The number of benzene rings is 2. The highest BCUT2D eigenvalue weighted by atomic mass is 35.5. The van der Waals surface area contributed by atoms with Gasteiger partial charge in [-0.15, -0.1) is 10.2 Å². The van der Waals surface area contributed by atoms with E-state index in [9.17, 15) is 4.79 Å². The molecule has 0 N–H and O–H groups in total. The molecule has 0 radical (unpaired) electrons. The van der Waals surface area contributed by atoms with E-state index in [-0.39, 0.29) is 6.61 Å². The van der Waals surface area contributed by atoms with Crippen LogP contribution >= 0.6 is 23.4 Å². The number of ether oxygens (including phenoxy) is 2. The Bertz CT molecular complexity index is 1010. The van der Waals surface area contributed by atoms with Gasteiger partial charge < -0.3 is 13.9 Å². The van der Waals surface area contributed by atoms with Crippen LogP contribution in [0.3, 0.4) is 0 Å². The van der Waals surface area contributed by atoms with E-state index in [1.54, 1.807) is 24.3 Å². The van der Waals surface area contributed by atoms with E-state index in [4.69, 9.17) is 25.5 Å². The molecular weight excluding hydrogens is 412 g/mol. The Morgan fingerprint density at radius 1 is 1.10 bits per heavy atom. The van der Waals surface area contributed by atoms with Gasteiger partial charge in [-0.05, 0) is 55.5 Å². The lowest BCUT2D eigenvalue weighted by Crippen LogP contribution is -2.04. The Hall–Kier alpha value is -2.95. The lowest BCUT2D eigenvalue weighted by atomic mass is 10.2. The molecule has 0 unspecified atom stereocenters. The lowest BCUT2D eigenvalue weighted by Gasteiger charge is -2.02.